The molecule has 0 saturated carbocycles. The first kappa shape index (κ1) is 27.5. The molecule has 2 aromatic heterocycles. The Morgan fingerprint density at radius 1 is 1.16 bits per heavy atom. The van der Waals surface area contributed by atoms with Crippen LogP contribution in [0.1, 0.15) is 24.6 Å². The Morgan fingerprint density at radius 2 is 1.92 bits per heavy atom. The molecule has 2 heterocycles. The summed E-state index contributed by atoms with van der Waals surface area (Å²) in [7, 11) is 1.59. The van der Waals surface area contributed by atoms with E-state index in [-0.39, 0.29) is 39.4 Å². The number of fused-ring (bicyclic) bond motifs is 1. The van der Waals surface area contributed by atoms with Crippen LogP contribution in [-0.2, 0) is 16.1 Å². The minimum absolute atomic E-state index is 0.0829. The highest BCUT2D eigenvalue weighted by atomic mass is 127. The summed E-state index contributed by atoms with van der Waals surface area (Å²) in [5, 5.41) is 5.87. The fourth-order valence-corrected chi connectivity index (χ4v) is 4.86. The third-order valence-electron chi connectivity index (χ3n) is 6.20. The Hall–Kier alpha value is -3.51. The summed E-state index contributed by atoms with van der Waals surface area (Å²) in [5.74, 6) is -0.755. The molecule has 38 heavy (non-hydrogen) atoms. The van der Waals surface area contributed by atoms with Crippen LogP contribution in [0.2, 0.25) is 0 Å². The van der Waals surface area contributed by atoms with E-state index in [9.17, 15) is 18.8 Å². The number of pyridine rings is 1. The zero-order chi connectivity index (χ0) is 27.6. The second-order valence-electron chi connectivity index (χ2n) is 8.87. The number of rotatable bonds is 8. The lowest BCUT2D eigenvalue weighted by Gasteiger charge is -2.20. The van der Waals surface area contributed by atoms with Crippen molar-refractivity contribution in [2.45, 2.75) is 33.7 Å². The predicted octanol–water partition coefficient (Wildman–Crippen LogP) is 5.72. The quantitative estimate of drug-likeness (QED) is 0.191. The molecule has 0 unspecified atom stereocenters. The standard InChI is InChI=1S/C28H27FIN3O5/c1-15-25(32-22-10-9-19(30)14-21(22)29)24-26(38-28(15)36)23(16(2)33(27(24)35)11-6-12-37-4)18-7-5-8-20(13-18)31-17(3)34/h5,7-10,13-14,32H,6,11-12H2,1-4H3,(H,31,34). The first-order chi connectivity index (χ1) is 18.1. The molecule has 0 bridgehead atoms. The Balaban J connectivity index is 2.07. The third kappa shape index (κ3) is 5.51. The number of benzene rings is 2. The fraction of sp³-hybridized carbons (Fsp3) is 0.250. The maximum Gasteiger partial charge on any atom is 0.341 e. The van der Waals surface area contributed by atoms with Gasteiger partial charge in [-0.25, -0.2) is 9.18 Å². The van der Waals surface area contributed by atoms with Crippen molar-refractivity contribution in [2.24, 2.45) is 0 Å². The number of amides is 1. The summed E-state index contributed by atoms with van der Waals surface area (Å²) in [6.07, 6.45) is 0.568. The van der Waals surface area contributed by atoms with E-state index < -0.39 is 11.4 Å². The third-order valence-corrected chi connectivity index (χ3v) is 6.87. The number of hydrogen-bond donors (Lipinski definition) is 2. The zero-order valence-corrected chi connectivity index (χ0v) is 23.6. The molecule has 4 aromatic rings. The highest BCUT2D eigenvalue weighted by Crippen LogP contribution is 2.36. The molecular weight excluding hydrogens is 604 g/mol. The van der Waals surface area contributed by atoms with Crippen LogP contribution in [0.15, 0.2) is 56.5 Å². The number of hydrogen-bond acceptors (Lipinski definition) is 6. The normalized spacial score (nSPS) is 11.1. The number of ether oxygens (including phenoxy) is 1. The van der Waals surface area contributed by atoms with Crippen LogP contribution in [0.5, 0.6) is 0 Å². The SMILES string of the molecule is COCCCn1c(C)c(-c2cccc(NC(C)=O)c2)c2oc(=O)c(C)c(Nc3ccc(I)cc3F)c2c1=O. The number of nitrogens with one attached hydrogen (secondary N) is 2. The molecule has 2 N–H and O–H groups in total. The number of methoxy groups -OCH3 is 1. The van der Waals surface area contributed by atoms with Gasteiger partial charge in [-0.2, -0.15) is 0 Å². The average Bonchev–Trinajstić information content (AvgIpc) is 2.85. The zero-order valence-electron chi connectivity index (χ0n) is 21.4. The smallest absolute Gasteiger partial charge is 0.341 e. The summed E-state index contributed by atoms with van der Waals surface area (Å²) in [6.45, 7) is 5.51. The van der Waals surface area contributed by atoms with Crippen molar-refractivity contribution >= 4 is 56.5 Å². The van der Waals surface area contributed by atoms with Crippen LogP contribution in [0.25, 0.3) is 22.1 Å². The maximum absolute atomic E-state index is 14.8. The molecule has 0 aliphatic carbocycles. The van der Waals surface area contributed by atoms with E-state index in [4.69, 9.17) is 9.15 Å². The van der Waals surface area contributed by atoms with Crippen molar-refractivity contribution in [2.75, 3.05) is 24.4 Å². The Kier molecular flexibility index (Phi) is 8.32. The summed E-state index contributed by atoms with van der Waals surface area (Å²) in [6, 6.07) is 11.7. The molecule has 10 heteroatoms. The molecule has 0 saturated heterocycles. The molecule has 0 fully saturated rings. The highest BCUT2D eigenvalue weighted by molar-refractivity contribution is 14.1. The average molecular weight is 631 g/mol. The number of halogens is 2. The molecule has 2 aromatic carbocycles. The van der Waals surface area contributed by atoms with Gasteiger partial charge in [0.2, 0.25) is 5.91 Å². The lowest BCUT2D eigenvalue weighted by molar-refractivity contribution is -0.114. The van der Waals surface area contributed by atoms with Gasteiger partial charge in [-0.3, -0.25) is 9.59 Å². The van der Waals surface area contributed by atoms with Crippen molar-refractivity contribution in [1.82, 2.24) is 4.57 Å². The van der Waals surface area contributed by atoms with Gasteiger partial charge in [0.15, 0.2) is 5.58 Å². The van der Waals surface area contributed by atoms with Gasteiger partial charge in [0.25, 0.3) is 5.56 Å². The molecule has 0 aliphatic rings. The van der Waals surface area contributed by atoms with Gasteiger partial charge < -0.3 is 24.4 Å². The van der Waals surface area contributed by atoms with E-state index in [0.29, 0.717) is 45.7 Å². The lowest BCUT2D eigenvalue weighted by atomic mass is 9.99. The molecule has 0 radical (unpaired) electrons. The van der Waals surface area contributed by atoms with E-state index in [1.54, 1.807) is 48.9 Å². The summed E-state index contributed by atoms with van der Waals surface area (Å²) in [4.78, 5) is 38.6. The van der Waals surface area contributed by atoms with Crippen molar-refractivity contribution in [3.63, 3.8) is 0 Å². The molecule has 0 atom stereocenters. The lowest BCUT2D eigenvalue weighted by Crippen LogP contribution is -2.26. The largest absolute Gasteiger partial charge is 0.421 e. The molecule has 4 rings (SSSR count). The molecule has 8 nitrogen and oxygen atoms in total. The van der Waals surface area contributed by atoms with E-state index >= 15 is 0 Å². The number of carbonyl (C=O) groups is 1. The van der Waals surface area contributed by atoms with Crippen LogP contribution in [0.4, 0.5) is 21.5 Å². The second-order valence-corrected chi connectivity index (χ2v) is 10.1. The number of aromatic nitrogens is 1. The minimum Gasteiger partial charge on any atom is -0.421 e. The van der Waals surface area contributed by atoms with Crippen LogP contribution < -0.4 is 21.8 Å². The monoisotopic (exact) mass is 631 g/mol. The van der Waals surface area contributed by atoms with Crippen LogP contribution in [0, 0.1) is 23.2 Å². The van der Waals surface area contributed by atoms with E-state index in [2.05, 4.69) is 10.6 Å². The Morgan fingerprint density at radius 3 is 2.61 bits per heavy atom. The van der Waals surface area contributed by atoms with Gasteiger partial charge in [0, 0.05) is 47.7 Å². The van der Waals surface area contributed by atoms with Gasteiger partial charge in [0.05, 0.1) is 16.9 Å². The van der Waals surface area contributed by atoms with Gasteiger partial charge in [-0.15, -0.1) is 0 Å². The predicted molar refractivity (Wildman–Crippen MR) is 155 cm³/mol. The molecule has 1 amide bonds. The van der Waals surface area contributed by atoms with Gasteiger partial charge in [-0.1, -0.05) is 12.1 Å². The maximum atomic E-state index is 14.8. The summed E-state index contributed by atoms with van der Waals surface area (Å²) >= 11 is 2.01. The van der Waals surface area contributed by atoms with Crippen molar-refractivity contribution in [3.8, 4) is 11.1 Å². The van der Waals surface area contributed by atoms with E-state index in [1.165, 1.54) is 19.9 Å². The van der Waals surface area contributed by atoms with Crippen molar-refractivity contribution in [3.05, 3.63) is 83.9 Å². The molecular formula is C28H27FIN3O5. The van der Waals surface area contributed by atoms with Crippen LogP contribution in [0.3, 0.4) is 0 Å². The van der Waals surface area contributed by atoms with Crippen LogP contribution in [-0.4, -0.2) is 24.2 Å². The van der Waals surface area contributed by atoms with E-state index in [1.807, 2.05) is 28.7 Å². The highest BCUT2D eigenvalue weighted by Gasteiger charge is 2.24. The van der Waals surface area contributed by atoms with E-state index in [0.717, 1.165) is 0 Å². The Labute approximate surface area is 232 Å². The first-order valence-electron chi connectivity index (χ1n) is 11.9. The Bertz CT molecular complexity index is 1660. The number of nitrogens with zero attached hydrogens (tertiary/aromatic N) is 1. The second kappa shape index (κ2) is 11.5. The topological polar surface area (TPSA) is 103 Å². The van der Waals surface area contributed by atoms with Crippen molar-refractivity contribution < 1.29 is 18.3 Å². The number of carbonyl (C=O) groups excluding carboxylic acids is 1. The van der Waals surface area contributed by atoms with Gasteiger partial charge in [-0.05, 0) is 78.8 Å². The fourth-order valence-electron chi connectivity index (χ4n) is 4.40. The molecule has 0 spiro atoms. The summed E-state index contributed by atoms with van der Waals surface area (Å²) in [5.41, 5.74) is 1.80. The first-order valence-corrected chi connectivity index (χ1v) is 13.0. The van der Waals surface area contributed by atoms with Gasteiger partial charge >= 0.3 is 5.63 Å². The van der Waals surface area contributed by atoms with Crippen LogP contribution >= 0.6 is 22.6 Å². The molecule has 0 aliphatic heterocycles. The minimum atomic E-state index is -0.652. The molecule has 198 valence electrons. The summed E-state index contributed by atoms with van der Waals surface area (Å²) < 4.78 is 28.1. The van der Waals surface area contributed by atoms with Gasteiger partial charge in [0.1, 0.15) is 11.2 Å². The number of anilines is 3. The van der Waals surface area contributed by atoms with Crippen molar-refractivity contribution in [1.29, 1.82) is 0 Å².